The van der Waals surface area contributed by atoms with Crippen LogP contribution in [0.3, 0.4) is 0 Å². The summed E-state index contributed by atoms with van der Waals surface area (Å²) >= 11 is 0. The van der Waals surface area contributed by atoms with Crippen molar-refractivity contribution in [2.45, 2.75) is 45.7 Å². The lowest BCUT2D eigenvalue weighted by Gasteiger charge is -2.29. The molecule has 0 saturated carbocycles. The van der Waals surface area contributed by atoms with E-state index in [1.54, 1.807) is 0 Å². The normalized spacial score (nSPS) is 14.5. The Kier molecular flexibility index (Phi) is 4.94. The van der Waals surface area contributed by atoms with Gasteiger partial charge in [0.05, 0.1) is 0 Å². The molecule has 0 heterocycles. The van der Waals surface area contributed by atoms with Gasteiger partial charge < -0.3 is 10.6 Å². The van der Waals surface area contributed by atoms with Crippen LogP contribution in [0.5, 0.6) is 0 Å². The van der Waals surface area contributed by atoms with Crippen molar-refractivity contribution in [1.82, 2.24) is 0 Å². The summed E-state index contributed by atoms with van der Waals surface area (Å²) in [6.45, 7) is 6.23. The van der Waals surface area contributed by atoms with Crippen LogP contribution in [0.4, 0.5) is 10.1 Å². The van der Waals surface area contributed by atoms with Crippen molar-refractivity contribution < 1.29 is 4.39 Å². The molecule has 0 aliphatic heterocycles. The second-order valence-electron chi connectivity index (χ2n) is 4.74. The number of anilines is 1. The first-order valence-corrected chi connectivity index (χ1v) is 6.25. The first-order chi connectivity index (χ1) is 7.97. The van der Waals surface area contributed by atoms with Gasteiger partial charge in [0.15, 0.2) is 0 Å². The Hall–Kier alpha value is -1.09. The average molecular weight is 238 g/mol. The van der Waals surface area contributed by atoms with E-state index in [1.165, 1.54) is 12.1 Å². The summed E-state index contributed by atoms with van der Waals surface area (Å²) in [6, 6.07) is 5.13. The van der Waals surface area contributed by atoms with Crippen LogP contribution in [0.2, 0.25) is 0 Å². The molecule has 3 heteroatoms. The van der Waals surface area contributed by atoms with Crippen molar-refractivity contribution in [1.29, 1.82) is 0 Å². The molecule has 2 atom stereocenters. The molecular weight excluding hydrogens is 215 g/mol. The molecule has 1 aromatic rings. The zero-order valence-electron chi connectivity index (χ0n) is 11.2. The van der Waals surface area contributed by atoms with Crippen molar-refractivity contribution in [3.63, 3.8) is 0 Å². The first kappa shape index (κ1) is 14.0. The summed E-state index contributed by atoms with van der Waals surface area (Å²) < 4.78 is 13.2. The number of rotatable bonds is 5. The van der Waals surface area contributed by atoms with Crippen molar-refractivity contribution in [3.05, 3.63) is 29.6 Å². The van der Waals surface area contributed by atoms with Crippen LogP contribution in [0, 0.1) is 5.82 Å². The molecule has 2 N–H and O–H groups in total. The molecule has 0 saturated heterocycles. The van der Waals surface area contributed by atoms with Gasteiger partial charge in [-0.3, -0.25) is 0 Å². The van der Waals surface area contributed by atoms with Crippen molar-refractivity contribution in [2.24, 2.45) is 5.73 Å². The van der Waals surface area contributed by atoms with E-state index < -0.39 is 0 Å². The summed E-state index contributed by atoms with van der Waals surface area (Å²) in [5, 5.41) is 0. The molecule has 17 heavy (non-hydrogen) atoms. The topological polar surface area (TPSA) is 29.3 Å². The Labute approximate surface area is 104 Å². The van der Waals surface area contributed by atoms with Crippen LogP contribution in [0.15, 0.2) is 18.2 Å². The van der Waals surface area contributed by atoms with E-state index in [4.69, 9.17) is 5.73 Å². The molecule has 0 fully saturated rings. The molecule has 1 unspecified atom stereocenters. The largest absolute Gasteiger partial charge is 0.372 e. The third-order valence-electron chi connectivity index (χ3n) is 3.23. The highest BCUT2D eigenvalue weighted by molar-refractivity contribution is 5.55. The summed E-state index contributed by atoms with van der Waals surface area (Å²) in [5.74, 6) is -0.224. The van der Waals surface area contributed by atoms with Gasteiger partial charge in [0.1, 0.15) is 5.82 Å². The van der Waals surface area contributed by atoms with Gasteiger partial charge in [0, 0.05) is 24.8 Å². The maximum absolute atomic E-state index is 13.2. The third-order valence-corrected chi connectivity index (χ3v) is 3.23. The van der Waals surface area contributed by atoms with Crippen LogP contribution in [-0.4, -0.2) is 13.1 Å². The fourth-order valence-electron chi connectivity index (χ4n) is 2.06. The fourth-order valence-corrected chi connectivity index (χ4v) is 2.06. The highest BCUT2D eigenvalue weighted by atomic mass is 19.1. The zero-order chi connectivity index (χ0) is 13.0. The Morgan fingerprint density at radius 3 is 2.53 bits per heavy atom. The molecule has 0 radical (unpaired) electrons. The molecule has 96 valence electrons. The van der Waals surface area contributed by atoms with Crippen molar-refractivity contribution in [3.8, 4) is 0 Å². The van der Waals surface area contributed by atoms with E-state index in [0.29, 0.717) is 6.04 Å². The maximum Gasteiger partial charge on any atom is 0.123 e. The lowest BCUT2D eigenvalue weighted by Crippen LogP contribution is -2.30. The average Bonchev–Trinajstić information content (AvgIpc) is 2.28. The lowest BCUT2D eigenvalue weighted by atomic mass is 10.0. The summed E-state index contributed by atoms with van der Waals surface area (Å²) in [7, 11) is 2.04. The Bertz CT molecular complexity index is 363. The number of benzene rings is 1. The summed E-state index contributed by atoms with van der Waals surface area (Å²) in [6.07, 6.45) is 2.26. The van der Waals surface area contributed by atoms with E-state index in [9.17, 15) is 4.39 Å². The molecule has 1 rings (SSSR count). The molecular formula is C14H23FN2. The van der Waals surface area contributed by atoms with Gasteiger partial charge in [-0.25, -0.2) is 4.39 Å². The third kappa shape index (κ3) is 3.43. The number of halogens is 1. The van der Waals surface area contributed by atoms with Gasteiger partial charge in [-0.1, -0.05) is 13.3 Å². The minimum Gasteiger partial charge on any atom is -0.372 e. The Morgan fingerprint density at radius 1 is 1.35 bits per heavy atom. The minimum atomic E-state index is -0.224. The van der Waals surface area contributed by atoms with Crippen molar-refractivity contribution in [2.75, 3.05) is 11.9 Å². The maximum atomic E-state index is 13.2. The van der Waals surface area contributed by atoms with E-state index in [0.717, 1.165) is 24.1 Å². The number of nitrogens with two attached hydrogens (primary N) is 1. The zero-order valence-corrected chi connectivity index (χ0v) is 11.2. The number of hydrogen-bond acceptors (Lipinski definition) is 2. The highest BCUT2D eigenvalue weighted by Crippen LogP contribution is 2.27. The van der Waals surface area contributed by atoms with E-state index in [-0.39, 0.29) is 11.9 Å². The monoisotopic (exact) mass is 238 g/mol. The molecule has 0 spiro atoms. The molecule has 0 amide bonds. The van der Waals surface area contributed by atoms with Crippen LogP contribution in [-0.2, 0) is 0 Å². The van der Waals surface area contributed by atoms with Crippen LogP contribution < -0.4 is 10.6 Å². The van der Waals surface area contributed by atoms with Crippen LogP contribution >= 0.6 is 0 Å². The van der Waals surface area contributed by atoms with Gasteiger partial charge in [-0.2, -0.15) is 0 Å². The predicted molar refractivity (Wildman–Crippen MR) is 71.8 cm³/mol. The summed E-state index contributed by atoms with van der Waals surface area (Å²) in [4.78, 5) is 2.18. The molecule has 0 aromatic heterocycles. The van der Waals surface area contributed by atoms with E-state index >= 15 is 0 Å². The van der Waals surface area contributed by atoms with Gasteiger partial charge >= 0.3 is 0 Å². The first-order valence-electron chi connectivity index (χ1n) is 6.25. The van der Waals surface area contributed by atoms with Crippen LogP contribution in [0.25, 0.3) is 0 Å². The summed E-state index contributed by atoms with van der Waals surface area (Å²) in [5.41, 5.74) is 7.80. The lowest BCUT2D eigenvalue weighted by molar-refractivity contribution is 0.603. The smallest absolute Gasteiger partial charge is 0.123 e. The fraction of sp³-hybridized carbons (Fsp3) is 0.571. The molecule has 0 bridgehead atoms. The molecule has 0 aliphatic rings. The van der Waals surface area contributed by atoms with Gasteiger partial charge in [0.25, 0.3) is 0 Å². The molecule has 2 nitrogen and oxygen atoms in total. The van der Waals surface area contributed by atoms with E-state index in [2.05, 4.69) is 18.7 Å². The highest BCUT2D eigenvalue weighted by Gasteiger charge is 2.15. The number of nitrogens with zero attached hydrogens (tertiary/aromatic N) is 1. The second-order valence-corrected chi connectivity index (χ2v) is 4.74. The van der Waals surface area contributed by atoms with Gasteiger partial charge in [-0.15, -0.1) is 0 Å². The van der Waals surface area contributed by atoms with E-state index in [1.807, 2.05) is 20.0 Å². The standard InChI is InChI=1S/C14H23FN2/c1-5-6-10(2)17(4)14-8-7-12(15)9-13(14)11(3)16/h7-11H,5-6,16H2,1-4H3/t10?,11-/m0/s1. The predicted octanol–water partition coefficient (Wildman–Crippen LogP) is 3.47. The Morgan fingerprint density at radius 2 is 2.00 bits per heavy atom. The minimum absolute atomic E-state index is 0.156. The SMILES string of the molecule is CCCC(C)N(C)c1ccc(F)cc1[C@H](C)N. The number of hydrogen-bond donors (Lipinski definition) is 1. The van der Waals surface area contributed by atoms with Crippen molar-refractivity contribution >= 4 is 5.69 Å². The molecule has 1 aromatic carbocycles. The Balaban J connectivity index is 3.03. The quantitative estimate of drug-likeness (QED) is 0.851. The van der Waals surface area contributed by atoms with Crippen LogP contribution in [0.1, 0.15) is 45.2 Å². The second kappa shape index (κ2) is 6.01. The van der Waals surface area contributed by atoms with Gasteiger partial charge in [-0.05, 0) is 44.0 Å². The van der Waals surface area contributed by atoms with Gasteiger partial charge in [0.2, 0.25) is 0 Å². The molecule has 0 aliphatic carbocycles.